The van der Waals surface area contributed by atoms with Crippen LogP contribution in [0.1, 0.15) is 13.8 Å². The molecule has 1 fully saturated rings. The number of amides is 1. The maximum atomic E-state index is 12.0. The summed E-state index contributed by atoms with van der Waals surface area (Å²) in [5, 5.41) is 5.94. The lowest BCUT2D eigenvalue weighted by Gasteiger charge is -2.22. The van der Waals surface area contributed by atoms with Crippen LogP contribution >= 0.6 is 12.4 Å². The van der Waals surface area contributed by atoms with Crippen LogP contribution < -0.4 is 10.6 Å². The lowest BCUT2D eigenvalue weighted by atomic mass is 10.2. The Labute approximate surface area is 119 Å². The number of anilines is 1. The molecule has 1 aliphatic rings. The van der Waals surface area contributed by atoms with Gasteiger partial charge in [0.1, 0.15) is 6.10 Å². The van der Waals surface area contributed by atoms with Crippen LogP contribution in [0, 0.1) is 5.92 Å². The zero-order valence-electron chi connectivity index (χ0n) is 11.3. The van der Waals surface area contributed by atoms with E-state index in [4.69, 9.17) is 4.74 Å². The van der Waals surface area contributed by atoms with E-state index < -0.39 is 6.10 Å². The van der Waals surface area contributed by atoms with Gasteiger partial charge in [-0.1, -0.05) is 13.8 Å². The highest BCUT2D eigenvalue weighted by molar-refractivity contribution is 5.93. The summed E-state index contributed by atoms with van der Waals surface area (Å²) in [6.07, 6.45) is 3.14. The molecule has 0 aliphatic carbocycles. The number of rotatable bonds is 4. The van der Waals surface area contributed by atoms with E-state index in [2.05, 4.69) is 29.5 Å². The van der Waals surface area contributed by atoms with Crippen molar-refractivity contribution in [2.75, 3.05) is 25.0 Å². The fourth-order valence-corrected chi connectivity index (χ4v) is 1.90. The lowest BCUT2D eigenvalue weighted by Crippen LogP contribution is -2.45. The molecule has 0 aromatic carbocycles. The maximum absolute atomic E-state index is 12.0. The second kappa shape index (κ2) is 7.47. The molecule has 1 amide bonds. The minimum absolute atomic E-state index is 0. The molecule has 0 saturated carbocycles. The van der Waals surface area contributed by atoms with Crippen LogP contribution in [-0.4, -0.2) is 41.3 Å². The molecule has 2 rings (SSSR count). The largest absolute Gasteiger partial charge is 0.366 e. The second-order valence-corrected chi connectivity index (χ2v) is 4.85. The van der Waals surface area contributed by atoms with Crippen molar-refractivity contribution in [3.05, 3.63) is 12.4 Å². The van der Waals surface area contributed by atoms with E-state index >= 15 is 0 Å². The number of ether oxygens (including phenoxy) is 1. The van der Waals surface area contributed by atoms with Crippen LogP contribution in [0.25, 0.3) is 0 Å². The molecule has 1 saturated heterocycles. The fourth-order valence-electron chi connectivity index (χ4n) is 1.90. The zero-order chi connectivity index (χ0) is 13.0. The summed E-state index contributed by atoms with van der Waals surface area (Å²) in [6.45, 7) is 7.00. The standard InChI is InChI=1S/C12H20N4O2.ClH/c1-9(2)8-16-5-3-14-12(16)15-11(17)10-7-13-4-6-18-10;/h3,5,9-10,13H,4,6-8H2,1-2H3,(H,14,15,17);1H/t10-;/m1./s1. The van der Waals surface area contributed by atoms with Gasteiger partial charge in [0.2, 0.25) is 5.95 Å². The van der Waals surface area contributed by atoms with Gasteiger partial charge in [0.05, 0.1) is 6.61 Å². The summed E-state index contributed by atoms with van der Waals surface area (Å²) >= 11 is 0. The van der Waals surface area contributed by atoms with Gasteiger partial charge in [-0.3, -0.25) is 10.1 Å². The Morgan fingerprint density at radius 3 is 3.11 bits per heavy atom. The Kier molecular flexibility index (Phi) is 6.27. The maximum Gasteiger partial charge on any atom is 0.257 e. The Bertz CT molecular complexity index is 402. The van der Waals surface area contributed by atoms with Crippen molar-refractivity contribution in [1.29, 1.82) is 0 Å². The fraction of sp³-hybridized carbons (Fsp3) is 0.667. The van der Waals surface area contributed by atoms with Gasteiger partial charge in [0.15, 0.2) is 0 Å². The zero-order valence-corrected chi connectivity index (χ0v) is 12.1. The third kappa shape index (κ3) is 4.49. The van der Waals surface area contributed by atoms with Crippen LogP contribution in [-0.2, 0) is 16.1 Å². The van der Waals surface area contributed by atoms with Gasteiger partial charge in [-0.2, -0.15) is 0 Å². The summed E-state index contributed by atoms with van der Waals surface area (Å²) in [7, 11) is 0. The third-order valence-electron chi connectivity index (χ3n) is 2.73. The Balaban J connectivity index is 0.00000180. The molecule has 0 bridgehead atoms. The first-order valence-electron chi connectivity index (χ1n) is 6.31. The van der Waals surface area contributed by atoms with Gasteiger partial charge in [-0.05, 0) is 5.92 Å². The molecule has 0 radical (unpaired) electrons. The number of morpholine rings is 1. The third-order valence-corrected chi connectivity index (χ3v) is 2.73. The van der Waals surface area contributed by atoms with Gasteiger partial charge in [-0.25, -0.2) is 4.98 Å². The summed E-state index contributed by atoms with van der Waals surface area (Å²) < 4.78 is 7.34. The van der Waals surface area contributed by atoms with Gasteiger partial charge in [-0.15, -0.1) is 12.4 Å². The molecule has 2 N–H and O–H groups in total. The van der Waals surface area contributed by atoms with E-state index in [9.17, 15) is 4.79 Å². The van der Waals surface area contributed by atoms with E-state index in [1.807, 2.05) is 10.8 Å². The van der Waals surface area contributed by atoms with Gasteiger partial charge >= 0.3 is 0 Å². The molecular formula is C12H21ClN4O2. The summed E-state index contributed by atoms with van der Waals surface area (Å²) in [4.78, 5) is 16.1. The highest BCUT2D eigenvalue weighted by Gasteiger charge is 2.22. The van der Waals surface area contributed by atoms with E-state index in [0.29, 0.717) is 25.0 Å². The van der Waals surface area contributed by atoms with Gasteiger partial charge in [0, 0.05) is 32.0 Å². The predicted molar refractivity (Wildman–Crippen MR) is 75.6 cm³/mol. The molecule has 1 aromatic rings. The summed E-state index contributed by atoms with van der Waals surface area (Å²) in [6, 6.07) is 0. The van der Waals surface area contributed by atoms with Crippen molar-refractivity contribution < 1.29 is 9.53 Å². The normalized spacial score (nSPS) is 19.0. The topological polar surface area (TPSA) is 68.2 Å². The number of halogens is 1. The van der Waals surface area contributed by atoms with Crippen molar-refractivity contribution in [3.63, 3.8) is 0 Å². The molecule has 1 aromatic heterocycles. The minimum Gasteiger partial charge on any atom is -0.366 e. The molecule has 1 aliphatic heterocycles. The van der Waals surface area contributed by atoms with Crippen LogP contribution in [0.5, 0.6) is 0 Å². The number of imidazole rings is 1. The molecule has 108 valence electrons. The first-order chi connectivity index (χ1) is 8.66. The predicted octanol–water partition coefficient (Wildman–Crippen LogP) is 0.888. The average molecular weight is 289 g/mol. The lowest BCUT2D eigenvalue weighted by molar-refractivity contribution is -0.128. The number of carbonyl (C=O) groups is 1. The van der Waals surface area contributed by atoms with Crippen molar-refractivity contribution in [3.8, 4) is 0 Å². The van der Waals surface area contributed by atoms with E-state index in [-0.39, 0.29) is 18.3 Å². The Morgan fingerprint density at radius 1 is 1.68 bits per heavy atom. The van der Waals surface area contributed by atoms with Crippen molar-refractivity contribution >= 4 is 24.3 Å². The first-order valence-corrected chi connectivity index (χ1v) is 6.31. The number of aromatic nitrogens is 2. The number of hydrogen-bond donors (Lipinski definition) is 2. The molecule has 7 heteroatoms. The van der Waals surface area contributed by atoms with E-state index in [0.717, 1.165) is 13.1 Å². The molecule has 0 spiro atoms. The second-order valence-electron chi connectivity index (χ2n) is 4.85. The molecule has 19 heavy (non-hydrogen) atoms. The van der Waals surface area contributed by atoms with E-state index in [1.54, 1.807) is 6.20 Å². The number of hydrogen-bond acceptors (Lipinski definition) is 4. The van der Waals surface area contributed by atoms with Crippen molar-refractivity contribution in [2.45, 2.75) is 26.5 Å². The Hall–Kier alpha value is -1.11. The number of nitrogens with zero attached hydrogens (tertiary/aromatic N) is 2. The van der Waals surface area contributed by atoms with Crippen LogP contribution in [0.3, 0.4) is 0 Å². The minimum atomic E-state index is -0.428. The van der Waals surface area contributed by atoms with Gasteiger partial charge < -0.3 is 14.6 Å². The molecule has 0 unspecified atom stereocenters. The highest BCUT2D eigenvalue weighted by Crippen LogP contribution is 2.09. The monoisotopic (exact) mass is 288 g/mol. The molecule has 1 atom stereocenters. The van der Waals surface area contributed by atoms with Crippen LogP contribution in [0.15, 0.2) is 12.4 Å². The summed E-state index contributed by atoms with van der Waals surface area (Å²) in [5.74, 6) is 0.948. The SMILES string of the molecule is CC(C)Cn1ccnc1NC(=O)[C@H]1CNCCO1.Cl. The number of carbonyl (C=O) groups excluding carboxylic acids is 1. The highest BCUT2D eigenvalue weighted by atomic mass is 35.5. The van der Waals surface area contributed by atoms with Crippen molar-refractivity contribution in [1.82, 2.24) is 14.9 Å². The smallest absolute Gasteiger partial charge is 0.257 e. The van der Waals surface area contributed by atoms with E-state index in [1.165, 1.54) is 0 Å². The Morgan fingerprint density at radius 2 is 2.47 bits per heavy atom. The summed E-state index contributed by atoms with van der Waals surface area (Å²) in [5.41, 5.74) is 0. The number of nitrogens with one attached hydrogen (secondary N) is 2. The van der Waals surface area contributed by atoms with Crippen LogP contribution in [0.4, 0.5) is 5.95 Å². The average Bonchev–Trinajstić information content (AvgIpc) is 2.77. The quantitative estimate of drug-likeness (QED) is 0.863. The molecular weight excluding hydrogens is 268 g/mol. The first kappa shape index (κ1) is 15.9. The molecule has 2 heterocycles. The van der Waals surface area contributed by atoms with Crippen molar-refractivity contribution in [2.24, 2.45) is 5.92 Å². The van der Waals surface area contributed by atoms with Gasteiger partial charge in [0.25, 0.3) is 5.91 Å². The van der Waals surface area contributed by atoms with Crippen LogP contribution in [0.2, 0.25) is 0 Å². The molecule has 6 nitrogen and oxygen atoms in total.